The first-order chi connectivity index (χ1) is 11.4. The quantitative estimate of drug-likeness (QED) is 0.874. The van der Waals surface area contributed by atoms with Gasteiger partial charge in [0, 0.05) is 6.54 Å². The molecule has 0 aliphatic heterocycles. The number of hydrogen-bond donors (Lipinski definition) is 1. The van der Waals surface area contributed by atoms with E-state index >= 15 is 0 Å². The predicted octanol–water partition coefficient (Wildman–Crippen LogP) is 2.63. The largest absolute Gasteiger partial charge is 0.355 e. The topological polar surface area (TPSA) is 66.5 Å². The molecule has 0 saturated heterocycles. The minimum absolute atomic E-state index is 0.162. The van der Waals surface area contributed by atoms with Gasteiger partial charge in [0.05, 0.1) is 10.6 Å². The summed E-state index contributed by atoms with van der Waals surface area (Å²) in [6.07, 6.45) is 0. The second kappa shape index (κ2) is 7.49. The monoisotopic (exact) mass is 346 g/mol. The standard InChI is InChI=1S/C18H22N2O3S/c1-4-19-18(21)13-20(17-12-14(2)10-11-15(17)3)24(22,23)16-8-6-5-7-9-16/h5-12H,4,13H2,1-3H3,(H,19,21). The lowest BCUT2D eigenvalue weighted by molar-refractivity contribution is -0.119. The molecule has 24 heavy (non-hydrogen) atoms. The van der Waals surface area contributed by atoms with Crippen LogP contribution in [0.5, 0.6) is 0 Å². The van der Waals surface area contributed by atoms with Crippen molar-refractivity contribution in [3.63, 3.8) is 0 Å². The molecule has 5 nitrogen and oxygen atoms in total. The third kappa shape index (κ3) is 3.94. The van der Waals surface area contributed by atoms with Gasteiger partial charge < -0.3 is 5.32 Å². The Kier molecular flexibility index (Phi) is 5.62. The van der Waals surface area contributed by atoms with Gasteiger partial charge in [-0.25, -0.2) is 8.42 Å². The van der Waals surface area contributed by atoms with E-state index in [0.717, 1.165) is 11.1 Å². The number of rotatable bonds is 6. The van der Waals surface area contributed by atoms with E-state index in [1.54, 1.807) is 31.2 Å². The van der Waals surface area contributed by atoms with Crippen molar-refractivity contribution in [2.45, 2.75) is 25.7 Å². The summed E-state index contributed by atoms with van der Waals surface area (Å²) in [5.41, 5.74) is 2.24. The maximum absolute atomic E-state index is 13.1. The maximum Gasteiger partial charge on any atom is 0.264 e. The molecular weight excluding hydrogens is 324 g/mol. The number of carbonyl (C=O) groups is 1. The molecular formula is C18H22N2O3S. The highest BCUT2D eigenvalue weighted by Gasteiger charge is 2.28. The van der Waals surface area contributed by atoms with Crippen LogP contribution in [0.3, 0.4) is 0 Å². The van der Waals surface area contributed by atoms with E-state index in [1.165, 1.54) is 16.4 Å². The molecule has 0 radical (unpaired) electrons. The molecule has 0 aliphatic rings. The average Bonchev–Trinajstić information content (AvgIpc) is 2.56. The van der Waals surface area contributed by atoms with E-state index < -0.39 is 10.0 Å². The highest BCUT2D eigenvalue weighted by Crippen LogP contribution is 2.27. The van der Waals surface area contributed by atoms with Crippen LogP contribution < -0.4 is 9.62 Å². The van der Waals surface area contributed by atoms with Crippen molar-refractivity contribution in [2.24, 2.45) is 0 Å². The number of amides is 1. The molecule has 2 rings (SSSR count). The van der Waals surface area contributed by atoms with Crippen molar-refractivity contribution in [3.05, 3.63) is 59.7 Å². The molecule has 128 valence electrons. The molecule has 0 aliphatic carbocycles. The number of anilines is 1. The molecule has 0 spiro atoms. The third-order valence-corrected chi connectivity index (χ3v) is 5.40. The molecule has 0 saturated carbocycles. The zero-order chi connectivity index (χ0) is 17.7. The fourth-order valence-electron chi connectivity index (χ4n) is 2.39. The molecule has 0 heterocycles. The summed E-state index contributed by atoms with van der Waals surface area (Å²) in [4.78, 5) is 12.2. The lowest BCUT2D eigenvalue weighted by Crippen LogP contribution is -2.41. The van der Waals surface area contributed by atoms with Gasteiger partial charge in [0.2, 0.25) is 5.91 Å². The lowest BCUT2D eigenvalue weighted by Gasteiger charge is -2.26. The van der Waals surface area contributed by atoms with Crippen molar-refractivity contribution < 1.29 is 13.2 Å². The minimum atomic E-state index is -3.83. The van der Waals surface area contributed by atoms with Crippen molar-refractivity contribution in [2.75, 3.05) is 17.4 Å². The van der Waals surface area contributed by atoms with Crippen molar-refractivity contribution in [3.8, 4) is 0 Å². The van der Waals surface area contributed by atoms with E-state index in [4.69, 9.17) is 0 Å². The number of likely N-dealkylation sites (N-methyl/N-ethyl adjacent to an activating group) is 1. The molecule has 0 atom stereocenters. The number of aryl methyl sites for hydroxylation is 2. The van der Waals surface area contributed by atoms with E-state index in [9.17, 15) is 13.2 Å². The Morgan fingerprint density at radius 1 is 1.08 bits per heavy atom. The summed E-state index contributed by atoms with van der Waals surface area (Å²) >= 11 is 0. The molecule has 2 aromatic rings. The Labute approximate surface area is 143 Å². The third-order valence-electron chi connectivity index (χ3n) is 3.63. The van der Waals surface area contributed by atoms with Crippen LogP contribution in [0.25, 0.3) is 0 Å². The van der Waals surface area contributed by atoms with Gasteiger partial charge in [0.25, 0.3) is 10.0 Å². The first-order valence-electron chi connectivity index (χ1n) is 7.78. The molecule has 0 unspecified atom stereocenters. The Morgan fingerprint density at radius 2 is 1.75 bits per heavy atom. The van der Waals surface area contributed by atoms with Crippen LogP contribution >= 0.6 is 0 Å². The summed E-state index contributed by atoms with van der Waals surface area (Å²) in [5.74, 6) is -0.335. The smallest absolute Gasteiger partial charge is 0.264 e. The normalized spacial score (nSPS) is 11.1. The molecule has 1 amide bonds. The summed E-state index contributed by atoms with van der Waals surface area (Å²) in [6.45, 7) is 5.72. The number of carbonyl (C=O) groups excluding carboxylic acids is 1. The average molecular weight is 346 g/mol. The van der Waals surface area contributed by atoms with Crippen LogP contribution in [-0.2, 0) is 14.8 Å². The molecule has 0 aromatic heterocycles. The second-order valence-electron chi connectivity index (χ2n) is 5.57. The van der Waals surface area contributed by atoms with E-state index in [1.807, 2.05) is 26.0 Å². The molecule has 0 bridgehead atoms. The van der Waals surface area contributed by atoms with Crippen LogP contribution in [0.4, 0.5) is 5.69 Å². The van der Waals surface area contributed by atoms with Gasteiger partial charge in [-0.3, -0.25) is 9.10 Å². The lowest BCUT2D eigenvalue weighted by atomic mass is 10.1. The number of nitrogens with zero attached hydrogens (tertiary/aromatic N) is 1. The SMILES string of the molecule is CCNC(=O)CN(c1cc(C)ccc1C)S(=O)(=O)c1ccccc1. The van der Waals surface area contributed by atoms with Crippen LogP contribution in [0.15, 0.2) is 53.4 Å². The van der Waals surface area contributed by atoms with Crippen molar-refractivity contribution in [1.82, 2.24) is 5.32 Å². The minimum Gasteiger partial charge on any atom is -0.355 e. The Hall–Kier alpha value is -2.34. The van der Waals surface area contributed by atoms with Crippen molar-refractivity contribution in [1.29, 1.82) is 0 Å². The van der Waals surface area contributed by atoms with E-state index in [0.29, 0.717) is 12.2 Å². The summed E-state index contributed by atoms with van der Waals surface area (Å²) in [7, 11) is -3.83. The van der Waals surface area contributed by atoms with E-state index in [-0.39, 0.29) is 17.3 Å². The van der Waals surface area contributed by atoms with Crippen LogP contribution in [0.1, 0.15) is 18.1 Å². The van der Waals surface area contributed by atoms with Gasteiger partial charge in [-0.05, 0) is 50.1 Å². The first-order valence-corrected chi connectivity index (χ1v) is 9.22. The number of benzene rings is 2. The van der Waals surface area contributed by atoms with E-state index in [2.05, 4.69) is 5.32 Å². The summed E-state index contributed by atoms with van der Waals surface area (Å²) in [5, 5.41) is 2.66. The Bertz CT molecular complexity index is 817. The Morgan fingerprint density at radius 3 is 2.38 bits per heavy atom. The molecule has 0 fully saturated rings. The zero-order valence-corrected chi connectivity index (χ0v) is 14.9. The van der Waals surface area contributed by atoms with Crippen LogP contribution in [0.2, 0.25) is 0 Å². The summed E-state index contributed by atoms with van der Waals surface area (Å²) in [6, 6.07) is 13.7. The highest BCUT2D eigenvalue weighted by atomic mass is 32.2. The number of nitrogens with one attached hydrogen (secondary N) is 1. The molecule has 2 aromatic carbocycles. The molecule has 1 N–H and O–H groups in total. The maximum atomic E-state index is 13.1. The van der Waals surface area contributed by atoms with Crippen molar-refractivity contribution >= 4 is 21.6 Å². The molecule has 6 heteroatoms. The summed E-state index contributed by atoms with van der Waals surface area (Å²) < 4.78 is 27.3. The van der Waals surface area contributed by atoms with Crippen LogP contribution in [-0.4, -0.2) is 27.4 Å². The number of sulfonamides is 1. The van der Waals surface area contributed by atoms with Gasteiger partial charge in [-0.2, -0.15) is 0 Å². The van der Waals surface area contributed by atoms with Gasteiger partial charge in [-0.1, -0.05) is 30.3 Å². The fraction of sp³-hybridized carbons (Fsp3) is 0.278. The first kappa shape index (κ1) is 18.0. The predicted molar refractivity (Wildman–Crippen MR) is 95.6 cm³/mol. The van der Waals surface area contributed by atoms with Gasteiger partial charge in [0.15, 0.2) is 0 Å². The second-order valence-corrected chi connectivity index (χ2v) is 7.43. The fourth-order valence-corrected chi connectivity index (χ4v) is 3.89. The zero-order valence-electron chi connectivity index (χ0n) is 14.1. The van der Waals surface area contributed by atoms with Gasteiger partial charge in [-0.15, -0.1) is 0 Å². The Balaban J connectivity index is 2.55. The highest BCUT2D eigenvalue weighted by molar-refractivity contribution is 7.92. The number of hydrogen-bond acceptors (Lipinski definition) is 3. The van der Waals surface area contributed by atoms with Gasteiger partial charge in [0.1, 0.15) is 6.54 Å². The van der Waals surface area contributed by atoms with Gasteiger partial charge >= 0.3 is 0 Å². The van der Waals surface area contributed by atoms with Crippen LogP contribution in [0, 0.1) is 13.8 Å².